The summed E-state index contributed by atoms with van der Waals surface area (Å²) in [7, 11) is -1.83. The third kappa shape index (κ3) is 24.8. The van der Waals surface area contributed by atoms with Gasteiger partial charge in [-0.1, -0.05) is 100 Å². The summed E-state index contributed by atoms with van der Waals surface area (Å²) in [5.74, 6) is 1.37. The lowest BCUT2D eigenvalue weighted by Gasteiger charge is -2.12. The van der Waals surface area contributed by atoms with Crippen LogP contribution >= 0.6 is 22.9 Å². The highest BCUT2D eigenvalue weighted by Crippen LogP contribution is 2.26. The van der Waals surface area contributed by atoms with Crippen molar-refractivity contribution in [1.29, 1.82) is 0 Å². The number of ether oxygens (including phenoxy) is 3. The summed E-state index contributed by atoms with van der Waals surface area (Å²) in [5, 5.41) is 9.80. The average molecular weight is 1040 g/mol. The number of nitrogens with one attached hydrogen (secondary N) is 7. The number of nitrogens with two attached hydrogens (primary N) is 2. The third-order valence-corrected chi connectivity index (χ3v) is 12.3. The third-order valence-electron chi connectivity index (χ3n) is 9.52. The predicted molar refractivity (Wildman–Crippen MR) is 278 cm³/mol. The van der Waals surface area contributed by atoms with Gasteiger partial charge in [0.1, 0.15) is 34.5 Å². The molecule has 0 saturated heterocycles. The van der Waals surface area contributed by atoms with Crippen molar-refractivity contribution in [1.82, 2.24) is 41.4 Å². The Balaban J connectivity index is 0.000000284. The maximum absolute atomic E-state index is 12.0. The minimum atomic E-state index is -3.29. The standard InChI is InChI=1S/C18H33N5O3S.C15H19N5O3.C13H13ClN4O2S/c1-2-3-4-5-6-7-8-9-10-11-14-27(25,26)16-21-18(24)23-22-17-12-13-19-15-20-17;1-10-4-5-12(11(2)8-10)23-9-18-15(21)20-19-13-14(22-3)17-7-6-16-13;1-7-2-3-8(14)9(6-7)20-13(16)18-17-11-5-4-10(21-11)12(15)19/h12-13,15H,2-11,14,16H2,1H3,(H,19,20,22)(H2,21,23,24);4-8H,9H2,1-3H3,(H,16,19)(H2,18,20,21);2-6,17H,1H3,(H2,15,19)(H2,16,18). The first kappa shape index (κ1) is 58.1. The molecule has 5 aromatic rings. The number of hydrogen-bond donors (Lipinski definition) is 9. The van der Waals surface area contributed by atoms with Crippen molar-refractivity contribution in [2.45, 2.75) is 91.9 Å². The molecular formula is C46H65ClN14O8S2. The average Bonchev–Trinajstić information content (AvgIpc) is 3.84. The van der Waals surface area contributed by atoms with Crippen molar-refractivity contribution in [3.05, 3.63) is 106 Å². The molecule has 22 nitrogen and oxygen atoms in total. The molecule has 0 aliphatic carbocycles. The number of hydrazone groups is 1. The number of aryl methyl sites for hydroxylation is 3. The lowest BCUT2D eigenvalue weighted by molar-refractivity contribution is 0.100. The van der Waals surface area contributed by atoms with E-state index in [9.17, 15) is 22.8 Å². The summed E-state index contributed by atoms with van der Waals surface area (Å²) >= 11 is 7.16. The van der Waals surface area contributed by atoms with Crippen molar-refractivity contribution in [3.8, 4) is 17.4 Å². The molecule has 0 spiro atoms. The normalized spacial score (nSPS) is 10.8. The second kappa shape index (κ2) is 32.6. The van der Waals surface area contributed by atoms with Gasteiger partial charge >= 0.3 is 18.1 Å². The number of amidine groups is 1. The van der Waals surface area contributed by atoms with E-state index in [0.29, 0.717) is 38.7 Å². The molecule has 0 aliphatic heterocycles. The molecule has 0 atom stereocenters. The number of thiophene rings is 1. The van der Waals surface area contributed by atoms with Crippen LogP contribution in [0.15, 0.2) is 84.6 Å². The van der Waals surface area contributed by atoms with E-state index in [1.165, 1.54) is 77.0 Å². The van der Waals surface area contributed by atoms with Crippen LogP contribution in [-0.4, -0.2) is 77.8 Å². The fourth-order valence-corrected chi connectivity index (χ4v) is 7.91. The van der Waals surface area contributed by atoms with Crippen molar-refractivity contribution < 1.29 is 37.0 Å². The molecule has 11 N–H and O–H groups in total. The number of nitrogens with zero attached hydrogens (tertiary/aromatic N) is 5. The number of methoxy groups -OCH3 is 1. The molecular weight excluding hydrogens is 976 g/mol. The number of carbonyl (C=O) groups excluding carboxylic acids is 3. The molecule has 0 radical (unpaired) electrons. The molecule has 25 heteroatoms. The number of primary amides is 1. The minimum Gasteiger partial charge on any atom is -0.478 e. The molecule has 0 aliphatic rings. The fourth-order valence-electron chi connectivity index (χ4n) is 5.91. The number of unbranched alkanes of at least 4 members (excludes halogenated alkanes) is 9. The fraction of sp³-hybridized carbons (Fsp3) is 0.391. The number of anilines is 3. The van der Waals surface area contributed by atoms with Gasteiger partial charge in [-0.2, -0.15) is 0 Å². The van der Waals surface area contributed by atoms with E-state index in [4.69, 9.17) is 37.3 Å². The maximum Gasteiger partial charge on any atom is 0.336 e. The van der Waals surface area contributed by atoms with Crippen LogP contribution in [0.1, 0.15) is 97.5 Å². The highest BCUT2D eigenvalue weighted by Gasteiger charge is 2.13. The molecule has 5 rings (SSSR count). The molecule has 3 heterocycles. The molecule has 0 fully saturated rings. The smallest absolute Gasteiger partial charge is 0.336 e. The van der Waals surface area contributed by atoms with Gasteiger partial charge in [0.05, 0.1) is 22.8 Å². The van der Waals surface area contributed by atoms with Crippen LogP contribution in [0.3, 0.4) is 0 Å². The molecule has 0 saturated carbocycles. The van der Waals surface area contributed by atoms with E-state index in [1.54, 1.807) is 30.3 Å². The quantitative estimate of drug-likeness (QED) is 0.00889. The summed E-state index contributed by atoms with van der Waals surface area (Å²) in [6, 6.07) is 14.8. The Labute approximate surface area is 423 Å². The van der Waals surface area contributed by atoms with Crippen LogP contribution < -0.4 is 63.4 Å². The van der Waals surface area contributed by atoms with Gasteiger partial charge in [0.25, 0.3) is 11.8 Å². The molecule has 0 bridgehead atoms. The van der Waals surface area contributed by atoms with Gasteiger partial charge in [0.2, 0.25) is 5.82 Å². The first-order valence-electron chi connectivity index (χ1n) is 22.6. The van der Waals surface area contributed by atoms with Gasteiger partial charge in [-0.15, -0.1) is 16.4 Å². The van der Waals surface area contributed by atoms with Crippen molar-refractivity contribution in [3.63, 3.8) is 0 Å². The van der Waals surface area contributed by atoms with Gasteiger partial charge in [0, 0.05) is 24.7 Å². The van der Waals surface area contributed by atoms with Crippen molar-refractivity contribution >= 4 is 73.4 Å². The Morgan fingerprint density at radius 1 is 0.761 bits per heavy atom. The van der Waals surface area contributed by atoms with Crippen LogP contribution in [0.5, 0.6) is 17.4 Å². The molecule has 386 valence electrons. The maximum atomic E-state index is 12.0. The number of sulfone groups is 1. The van der Waals surface area contributed by atoms with E-state index in [-0.39, 0.29) is 30.3 Å². The number of amides is 5. The monoisotopic (exact) mass is 1040 g/mol. The number of hydrogen-bond acceptors (Lipinski definition) is 17. The highest BCUT2D eigenvalue weighted by atomic mass is 35.5. The summed E-state index contributed by atoms with van der Waals surface area (Å²) in [6.07, 6.45) is 17.3. The van der Waals surface area contributed by atoms with E-state index >= 15 is 0 Å². The van der Waals surface area contributed by atoms with E-state index < -0.39 is 27.8 Å². The number of carbonyl (C=O) groups is 3. The van der Waals surface area contributed by atoms with Crippen molar-refractivity contribution in [2.24, 2.45) is 16.6 Å². The highest BCUT2D eigenvalue weighted by molar-refractivity contribution is 7.91. The van der Waals surface area contributed by atoms with Crippen LogP contribution in [0.4, 0.5) is 26.2 Å². The van der Waals surface area contributed by atoms with Crippen LogP contribution in [-0.2, 0) is 9.84 Å². The Morgan fingerprint density at radius 2 is 1.42 bits per heavy atom. The molecule has 0 unspecified atom stereocenters. The Hall–Kier alpha value is -7.18. The zero-order valence-electron chi connectivity index (χ0n) is 40.5. The largest absolute Gasteiger partial charge is 0.478 e. The summed E-state index contributed by atoms with van der Waals surface area (Å²) < 4.78 is 39.8. The van der Waals surface area contributed by atoms with Crippen molar-refractivity contribution in [2.75, 3.05) is 41.7 Å². The number of hydrazine groups is 2. The van der Waals surface area contributed by atoms with Crippen LogP contribution in [0, 0.1) is 20.8 Å². The van der Waals surface area contributed by atoms with E-state index in [0.717, 1.165) is 46.6 Å². The predicted octanol–water partition coefficient (Wildman–Crippen LogP) is 7.69. The molecule has 5 amide bonds. The Kier molecular flexibility index (Phi) is 26.7. The molecule has 71 heavy (non-hydrogen) atoms. The first-order chi connectivity index (χ1) is 34.1. The summed E-state index contributed by atoms with van der Waals surface area (Å²) in [4.78, 5) is 50.3. The SMILES string of the molecule is CCCCCCCCCCCCS(=O)(=O)CNC(=O)NNc1ccncn1.COc1nccnc1NNC(=O)NCOc1ccc(C)cc1C.Cc1ccc(Cl)c(OC(N)=NNc2ccc(C(N)=O)s2)c1. The van der Waals surface area contributed by atoms with Crippen LogP contribution in [0.2, 0.25) is 5.02 Å². The van der Waals surface area contributed by atoms with Gasteiger partial charge in [-0.05, 0) is 68.7 Å². The zero-order chi connectivity index (χ0) is 51.9. The molecule has 3 aromatic heterocycles. The van der Waals surface area contributed by atoms with Crippen LogP contribution in [0.25, 0.3) is 0 Å². The Morgan fingerprint density at radius 3 is 2.08 bits per heavy atom. The van der Waals surface area contributed by atoms with Gasteiger partial charge < -0.3 is 36.3 Å². The van der Waals surface area contributed by atoms with E-state index in [1.807, 2.05) is 45.0 Å². The number of halogens is 1. The molecule has 2 aromatic carbocycles. The lowest BCUT2D eigenvalue weighted by atomic mass is 10.1. The van der Waals surface area contributed by atoms with Gasteiger partial charge in [-0.25, -0.2) is 37.9 Å². The topological polar surface area (TPSA) is 313 Å². The Bertz CT molecular complexity index is 2540. The number of benzene rings is 2. The second-order valence-electron chi connectivity index (χ2n) is 15.5. The second-order valence-corrected chi connectivity index (χ2v) is 19.2. The number of aromatic nitrogens is 4. The summed E-state index contributed by atoms with van der Waals surface area (Å²) in [5.41, 5.74) is 26.6. The minimum absolute atomic E-state index is 0.0367. The first-order valence-corrected chi connectivity index (χ1v) is 25.6. The van der Waals surface area contributed by atoms with Gasteiger partial charge in [0.15, 0.2) is 16.6 Å². The number of urea groups is 2. The summed E-state index contributed by atoms with van der Waals surface area (Å²) in [6.45, 7) is 8.12. The number of rotatable bonds is 25. The van der Waals surface area contributed by atoms with E-state index in [2.05, 4.69) is 69.7 Å². The zero-order valence-corrected chi connectivity index (χ0v) is 42.9. The van der Waals surface area contributed by atoms with Gasteiger partial charge in [-0.3, -0.25) is 31.9 Å². The lowest BCUT2D eigenvalue weighted by Crippen LogP contribution is -2.41.